The summed E-state index contributed by atoms with van der Waals surface area (Å²) in [7, 11) is 0. The van der Waals surface area contributed by atoms with Crippen LogP contribution in [-0.2, 0) is 0 Å². The molecule has 1 aliphatic rings. The number of anilines is 2. The minimum Gasteiger partial charge on any atom is -0.397 e. The van der Waals surface area contributed by atoms with Crippen LogP contribution in [0.25, 0.3) is 0 Å². The normalized spacial score (nSPS) is 17.7. The Morgan fingerprint density at radius 3 is 2.47 bits per heavy atom. The van der Waals surface area contributed by atoms with Crippen LogP contribution in [0.2, 0.25) is 0 Å². The zero-order valence-electron chi connectivity index (χ0n) is 9.52. The van der Waals surface area contributed by atoms with E-state index in [4.69, 9.17) is 5.73 Å². The van der Waals surface area contributed by atoms with Gasteiger partial charge < -0.3 is 10.6 Å². The second-order valence-electron chi connectivity index (χ2n) is 4.13. The van der Waals surface area contributed by atoms with Crippen molar-refractivity contribution in [2.75, 3.05) is 43.4 Å². The van der Waals surface area contributed by atoms with E-state index in [1.54, 1.807) is 17.2 Å². The summed E-state index contributed by atoms with van der Waals surface area (Å²) in [4.78, 5) is 8.08. The number of rotatable bonds is 3. The second-order valence-corrected chi connectivity index (χ2v) is 4.13. The molecule has 0 aliphatic carbocycles. The van der Waals surface area contributed by atoms with Gasteiger partial charge in [-0.2, -0.15) is 0 Å². The van der Waals surface area contributed by atoms with E-state index in [2.05, 4.69) is 9.88 Å². The lowest BCUT2D eigenvalue weighted by Gasteiger charge is -2.35. The van der Waals surface area contributed by atoms with Crippen LogP contribution in [0, 0.1) is 0 Å². The van der Waals surface area contributed by atoms with Crippen LogP contribution < -0.4 is 10.6 Å². The van der Waals surface area contributed by atoms with Crippen molar-refractivity contribution in [2.24, 2.45) is 0 Å². The molecule has 4 nitrogen and oxygen atoms in total. The Bertz CT molecular complexity index is 347. The minimum atomic E-state index is -2.25. The molecule has 0 atom stereocenters. The molecule has 94 valence electrons. The van der Waals surface area contributed by atoms with E-state index in [-0.39, 0.29) is 6.54 Å². The zero-order valence-corrected chi connectivity index (χ0v) is 9.52. The van der Waals surface area contributed by atoms with Crippen molar-refractivity contribution in [3.8, 4) is 0 Å². The summed E-state index contributed by atoms with van der Waals surface area (Å²) in [6.07, 6.45) is -0.642. The minimum absolute atomic E-state index is 0.136. The predicted molar refractivity (Wildman–Crippen MR) is 63.3 cm³/mol. The molecular weight excluding hydrogens is 226 g/mol. The molecule has 0 amide bonds. The summed E-state index contributed by atoms with van der Waals surface area (Å²) in [5.41, 5.74) is 6.19. The molecule has 1 aliphatic heterocycles. The highest BCUT2D eigenvalue weighted by atomic mass is 19.3. The molecule has 2 rings (SSSR count). The van der Waals surface area contributed by atoms with Crippen molar-refractivity contribution in [1.29, 1.82) is 0 Å². The molecule has 1 aromatic rings. The van der Waals surface area contributed by atoms with Crippen molar-refractivity contribution in [2.45, 2.75) is 6.43 Å². The van der Waals surface area contributed by atoms with Crippen LogP contribution >= 0.6 is 0 Å². The van der Waals surface area contributed by atoms with E-state index in [0.29, 0.717) is 18.8 Å². The number of aromatic nitrogens is 1. The fourth-order valence-corrected chi connectivity index (χ4v) is 1.94. The highest BCUT2D eigenvalue weighted by Crippen LogP contribution is 2.15. The van der Waals surface area contributed by atoms with E-state index < -0.39 is 6.43 Å². The molecule has 0 unspecified atom stereocenters. The van der Waals surface area contributed by atoms with Gasteiger partial charge in [-0.3, -0.25) is 4.90 Å². The fourth-order valence-electron chi connectivity index (χ4n) is 1.94. The first-order valence-electron chi connectivity index (χ1n) is 5.62. The number of nitrogens with zero attached hydrogens (tertiary/aromatic N) is 3. The first kappa shape index (κ1) is 12.0. The van der Waals surface area contributed by atoms with E-state index in [0.717, 1.165) is 18.9 Å². The van der Waals surface area contributed by atoms with Crippen LogP contribution in [0.5, 0.6) is 0 Å². The van der Waals surface area contributed by atoms with Gasteiger partial charge in [0.2, 0.25) is 0 Å². The third-order valence-electron chi connectivity index (χ3n) is 2.86. The SMILES string of the molecule is Nc1ccc(N2CCN(CC(F)F)CC2)nc1. The van der Waals surface area contributed by atoms with E-state index in [1.807, 2.05) is 6.07 Å². The first-order valence-corrected chi connectivity index (χ1v) is 5.62. The number of alkyl halides is 2. The number of halogens is 2. The van der Waals surface area contributed by atoms with Gasteiger partial charge in [0.05, 0.1) is 18.4 Å². The van der Waals surface area contributed by atoms with Gasteiger partial charge in [0.25, 0.3) is 6.43 Å². The van der Waals surface area contributed by atoms with Crippen LogP contribution in [0.15, 0.2) is 18.3 Å². The summed E-state index contributed by atoms with van der Waals surface area (Å²) < 4.78 is 24.4. The van der Waals surface area contributed by atoms with Gasteiger partial charge >= 0.3 is 0 Å². The number of hydrogen-bond acceptors (Lipinski definition) is 4. The third-order valence-corrected chi connectivity index (χ3v) is 2.86. The third kappa shape index (κ3) is 3.26. The molecule has 2 N–H and O–H groups in total. The molecule has 17 heavy (non-hydrogen) atoms. The van der Waals surface area contributed by atoms with Crippen molar-refractivity contribution >= 4 is 11.5 Å². The first-order chi connectivity index (χ1) is 8.15. The highest BCUT2D eigenvalue weighted by molar-refractivity contribution is 5.46. The van der Waals surface area contributed by atoms with E-state index >= 15 is 0 Å². The van der Waals surface area contributed by atoms with Crippen molar-refractivity contribution < 1.29 is 8.78 Å². The van der Waals surface area contributed by atoms with Gasteiger partial charge in [0.1, 0.15) is 5.82 Å². The zero-order chi connectivity index (χ0) is 12.3. The molecule has 1 aromatic heterocycles. The number of pyridine rings is 1. The molecular formula is C11H16F2N4. The van der Waals surface area contributed by atoms with Crippen molar-refractivity contribution in [3.63, 3.8) is 0 Å². The quantitative estimate of drug-likeness (QED) is 0.860. The summed E-state index contributed by atoms with van der Waals surface area (Å²) in [5, 5.41) is 0. The summed E-state index contributed by atoms with van der Waals surface area (Å²) in [6.45, 7) is 2.61. The Kier molecular flexibility index (Phi) is 3.73. The smallest absolute Gasteiger partial charge is 0.251 e. The van der Waals surface area contributed by atoms with Crippen LogP contribution in [-0.4, -0.2) is 49.0 Å². The van der Waals surface area contributed by atoms with E-state index in [1.165, 1.54) is 0 Å². The lowest BCUT2D eigenvalue weighted by Crippen LogP contribution is -2.48. The van der Waals surface area contributed by atoms with Gasteiger partial charge in [-0.15, -0.1) is 0 Å². The lowest BCUT2D eigenvalue weighted by atomic mass is 10.3. The molecule has 0 aromatic carbocycles. The van der Waals surface area contributed by atoms with Crippen LogP contribution in [0.1, 0.15) is 0 Å². The summed E-state index contributed by atoms with van der Waals surface area (Å²) >= 11 is 0. The van der Waals surface area contributed by atoms with Gasteiger partial charge in [0, 0.05) is 26.2 Å². The Labute approximate surface area is 99.0 Å². The Morgan fingerprint density at radius 1 is 1.24 bits per heavy atom. The fraction of sp³-hybridized carbons (Fsp3) is 0.545. The monoisotopic (exact) mass is 242 g/mol. The molecule has 1 saturated heterocycles. The number of piperazine rings is 1. The van der Waals surface area contributed by atoms with Crippen molar-refractivity contribution in [3.05, 3.63) is 18.3 Å². The topological polar surface area (TPSA) is 45.4 Å². The molecule has 0 bridgehead atoms. The average Bonchev–Trinajstić information content (AvgIpc) is 2.30. The Hall–Kier alpha value is -1.43. The maximum atomic E-state index is 12.2. The standard InChI is InChI=1S/C11H16F2N4/c12-10(13)8-16-3-5-17(6-4-16)11-2-1-9(14)7-15-11/h1-2,7,10H,3-6,8,14H2. The number of hydrogen-bond donors (Lipinski definition) is 1. The Balaban J connectivity index is 1.88. The number of nitrogens with two attached hydrogens (primary N) is 1. The number of nitrogen functional groups attached to an aromatic ring is 1. The van der Waals surface area contributed by atoms with Gasteiger partial charge in [-0.25, -0.2) is 13.8 Å². The molecule has 6 heteroatoms. The predicted octanol–water partition coefficient (Wildman–Crippen LogP) is 1.05. The van der Waals surface area contributed by atoms with Crippen LogP contribution in [0.4, 0.5) is 20.3 Å². The Morgan fingerprint density at radius 2 is 1.94 bits per heavy atom. The maximum absolute atomic E-state index is 12.2. The average molecular weight is 242 g/mol. The molecule has 1 fully saturated rings. The molecule has 0 spiro atoms. The lowest BCUT2D eigenvalue weighted by molar-refractivity contribution is 0.0854. The molecule has 0 saturated carbocycles. The largest absolute Gasteiger partial charge is 0.397 e. The van der Waals surface area contributed by atoms with Gasteiger partial charge in [-0.1, -0.05) is 0 Å². The highest BCUT2D eigenvalue weighted by Gasteiger charge is 2.20. The van der Waals surface area contributed by atoms with Crippen LogP contribution in [0.3, 0.4) is 0 Å². The maximum Gasteiger partial charge on any atom is 0.251 e. The summed E-state index contributed by atoms with van der Waals surface area (Å²) in [6, 6.07) is 3.66. The summed E-state index contributed by atoms with van der Waals surface area (Å²) in [5.74, 6) is 0.857. The second kappa shape index (κ2) is 5.27. The molecule has 2 heterocycles. The van der Waals surface area contributed by atoms with Crippen molar-refractivity contribution in [1.82, 2.24) is 9.88 Å². The van der Waals surface area contributed by atoms with Gasteiger partial charge in [-0.05, 0) is 12.1 Å². The van der Waals surface area contributed by atoms with E-state index in [9.17, 15) is 8.78 Å². The molecule has 0 radical (unpaired) electrons. The van der Waals surface area contributed by atoms with Gasteiger partial charge in [0.15, 0.2) is 0 Å².